The van der Waals surface area contributed by atoms with E-state index in [1.165, 1.54) is 0 Å². The number of ketones is 1. The minimum Gasteiger partial charge on any atom is -0.375 e. The van der Waals surface area contributed by atoms with Gasteiger partial charge in [-0.05, 0) is 6.42 Å². The van der Waals surface area contributed by atoms with Crippen molar-refractivity contribution in [1.29, 1.82) is 0 Å². The van der Waals surface area contributed by atoms with Gasteiger partial charge in [0.15, 0.2) is 5.78 Å². The zero-order chi connectivity index (χ0) is 11.3. The van der Waals surface area contributed by atoms with Crippen molar-refractivity contribution in [1.82, 2.24) is 10.8 Å². The van der Waals surface area contributed by atoms with E-state index >= 15 is 0 Å². The van der Waals surface area contributed by atoms with Crippen LogP contribution in [-0.2, 0) is 14.4 Å². The Labute approximate surface area is 88.8 Å². The van der Waals surface area contributed by atoms with Crippen LogP contribution in [0.2, 0.25) is 0 Å². The first-order valence-electron chi connectivity index (χ1n) is 5.09. The smallest absolute Gasteiger partial charge is 0.268 e. The highest BCUT2D eigenvalue weighted by molar-refractivity contribution is 5.90. The number of amides is 1. The van der Waals surface area contributed by atoms with E-state index in [1.807, 2.05) is 6.92 Å². The molecule has 15 heavy (non-hydrogen) atoms. The standard InChI is InChI=1S/C10H16N2O3/c1-3-7(5-8(13)4-2)11-9-6-15-12-10(9)14/h5,9,11H,3-4,6H2,1-2H3,(H,12,14). The normalized spacial score (nSPS) is 21.3. The molecule has 1 atom stereocenters. The second kappa shape index (κ2) is 5.50. The van der Waals surface area contributed by atoms with Crippen LogP contribution in [0, 0.1) is 0 Å². The van der Waals surface area contributed by atoms with Gasteiger partial charge in [-0.2, -0.15) is 0 Å². The summed E-state index contributed by atoms with van der Waals surface area (Å²) in [6.07, 6.45) is 2.71. The first-order valence-corrected chi connectivity index (χ1v) is 5.09. The highest BCUT2D eigenvalue weighted by atomic mass is 16.7. The fraction of sp³-hybridized carbons (Fsp3) is 0.600. The molecular weight excluding hydrogens is 196 g/mol. The molecule has 0 aromatic rings. The van der Waals surface area contributed by atoms with Crippen LogP contribution in [0.25, 0.3) is 0 Å². The van der Waals surface area contributed by atoms with E-state index in [-0.39, 0.29) is 24.3 Å². The molecule has 1 amide bonds. The van der Waals surface area contributed by atoms with Gasteiger partial charge in [0.2, 0.25) is 0 Å². The van der Waals surface area contributed by atoms with Gasteiger partial charge in [0.1, 0.15) is 12.6 Å². The van der Waals surface area contributed by atoms with E-state index in [2.05, 4.69) is 10.8 Å². The Morgan fingerprint density at radius 2 is 2.33 bits per heavy atom. The van der Waals surface area contributed by atoms with Crippen LogP contribution in [0.5, 0.6) is 0 Å². The summed E-state index contributed by atoms with van der Waals surface area (Å²) in [5.74, 6) is -0.142. The van der Waals surface area contributed by atoms with Gasteiger partial charge >= 0.3 is 0 Å². The minimum absolute atomic E-state index is 0.0543. The van der Waals surface area contributed by atoms with E-state index in [0.717, 1.165) is 5.70 Å². The van der Waals surface area contributed by atoms with Crippen molar-refractivity contribution in [3.05, 3.63) is 11.8 Å². The maximum Gasteiger partial charge on any atom is 0.268 e. The molecule has 0 saturated carbocycles. The number of nitrogens with one attached hydrogen (secondary N) is 2. The molecule has 0 aromatic heterocycles. The lowest BCUT2D eigenvalue weighted by atomic mass is 10.2. The van der Waals surface area contributed by atoms with E-state index < -0.39 is 0 Å². The predicted octanol–water partition coefficient (Wildman–Crippen LogP) is 0.279. The molecule has 1 aliphatic rings. The SMILES string of the molecule is CCC(=O)C=C(CC)NC1CONC1=O. The lowest BCUT2D eigenvalue weighted by Crippen LogP contribution is -2.37. The molecule has 1 unspecified atom stereocenters. The minimum atomic E-state index is -0.388. The van der Waals surface area contributed by atoms with E-state index in [0.29, 0.717) is 12.8 Å². The Bertz CT molecular complexity index is 286. The van der Waals surface area contributed by atoms with Gasteiger partial charge in [0.05, 0.1) is 0 Å². The predicted molar refractivity (Wildman–Crippen MR) is 54.7 cm³/mol. The Balaban J connectivity index is 2.56. The summed E-state index contributed by atoms with van der Waals surface area (Å²) in [6, 6.07) is -0.388. The van der Waals surface area contributed by atoms with Gasteiger partial charge < -0.3 is 5.32 Å². The molecule has 0 aliphatic carbocycles. The van der Waals surface area contributed by atoms with Gasteiger partial charge in [0, 0.05) is 18.2 Å². The summed E-state index contributed by atoms with van der Waals surface area (Å²) in [6.45, 7) is 4.02. The number of hydrogen-bond acceptors (Lipinski definition) is 4. The van der Waals surface area contributed by atoms with Crippen LogP contribution in [0.1, 0.15) is 26.7 Å². The number of carbonyl (C=O) groups excluding carboxylic acids is 2. The topological polar surface area (TPSA) is 67.4 Å². The van der Waals surface area contributed by atoms with Gasteiger partial charge in [-0.1, -0.05) is 13.8 Å². The van der Waals surface area contributed by atoms with Crippen molar-refractivity contribution in [2.75, 3.05) is 6.61 Å². The van der Waals surface area contributed by atoms with E-state index in [9.17, 15) is 9.59 Å². The quantitative estimate of drug-likeness (QED) is 0.642. The molecule has 5 heteroatoms. The first kappa shape index (κ1) is 11.7. The number of hydrogen-bond donors (Lipinski definition) is 2. The average Bonchev–Trinajstić information content (AvgIpc) is 2.63. The molecule has 1 fully saturated rings. The monoisotopic (exact) mass is 212 g/mol. The van der Waals surface area contributed by atoms with Crippen molar-refractivity contribution in [3.8, 4) is 0 Å². The Kier molecular flexibility index (Phi) is 4.30. The lowest BCUT2D eigenvalue weighted by molar-refractivity contribution is -0.125. The molecule has 0 radical (unpaired) electrons. The molecule has 84 valence electrons. The molecule has 1 rings (SSSR count). The number of carbonyl (C=O) groups is 2. The highest BCUT2D eigenvalue weighted by Crippen LogP contribution is 2.03. The zero-order valence-corrected chi connectivity index (χ0v) is 9.00. The molecule has 5 nitrogen and oxygen atoms in total. The summed E-state index contributed by atoms with van der Waals surface area (Å²) in [7, 11) is 0. The van der Waals surface area contributed by atoms with Crippen LogP contribution < -0.4 is 10.8 Å². The summed E-state index contributed by atoms with van der Waals surface area (Å²) in [5.41, 5.74) is 3.02. The largest absolute Gasteiger partial charge is 0.375 e. The van der Waals surface area contributed by atoms with Gasteiger partial charge in [-0.15, -0.1) is 0 Å². The van der Waals surface area contributed by atoms with Gasteiger partial charge in [0.25, 0.3) is 5.91 Å². The lowest BCUT2D eigenvalue weighted by Gasteiger charge is -2.11. The van der Waals surface area contributed by atoms with Crippen molar-refractivity contribution < 1.29 is 14.4 Å². The van der Waals surface area contributed by atoms with Crippen molar-refractivity contribution >= 4 is 11.7 Å². The third-order valence-electron chi connectivity index (χ3n) is 2.16. The Morgan fingerprint density at radius 3 is 2.80 bits per heavy atom. The summed E-state index contributed by atoms with van der Waals surface area (Å²) >= 11 is 0. The highest BCUT2D eigenvalue weighted by Gasteiger charge is 2.25. The maximum absolute atomic E-state index is 11.2. The molecule has 1 saturated heterocycles. The van der Waals surface area contributed by atoms with E-state index in [1.54, 1.807) is 13.0 Å². The number of rotatable bonds is 5. The van der Waals surface area contributed by atoms with Crippen LogP contribution in [-0.4, -0.2) is 24.3 Å². The first-order chi connectivity index (χ1) is 7.17. The molecular formula is C10H16N2O3. The van der Waals surface area contributed by atoms with Crippen LogP contribution in [0.4, 0.5) is 0 Å². The summed E-state index contributed by atoms with van der Waals surface area (Å²) in [4.78, 5) is 27.1. The Morgan fingerprint density at radius 1 is 1.60 bits per heavy atom. The third-order valence-corrected chi connectivity index (χ3v) is 2.16. The average molecular weight is 212 g/mol. The summed E-state index contributed by atoms with van der Waals surface area (Å²) in [5, 5.41) is 2.98. The van der Waals surface area contributed by atoms with Crippen molar-refractivity contribution in [2.45, 2.75) is 32.7 Å². The van der Waals surface area contributed by atoms with Crippen LogP contribution >= 0.6 is 0 Å². The van der Waals surface area contributed by atoms with Gasteiger partial charge in [-0.25, -0.2) is 5.48 Å². The second-order valence-electron chi connectivity index (χ2n) is 3.32. The molecule has 1 aliphatic heterocycles. The fourth-order valence-electron chi connectivity index (χ4n) is 1.22. The van der Waals surface area contributed by atoms with Crippen molar-refractivity contribution in [2.24, 2.45) is 0 Å². The van der Waals surface area contributed by atoms with Crippen molar-refractivity contribution in [3.63, 3.8) is 0 Å². The van der Waals surface area contributed by atoms with Crippen LogP contribution in [0.15, 0.2) is 11.8 Å². The number of allylic oxidation sites excluding steroid dienone is 2. The molecule has 0 bridgehead atoms. The molecule has 0 spiro atoms. The second-order valence-corrected chi connectivity index (χ2v) is 3.32. The number of hydroxylamine groups is 1. The molecule has 2 N–H and O–H groups in total. The zero-order valence-electron chi connectivity index (χ0n) is 9.00. The Hall–Kier alpha value is -1.36. The summed E-state index contributed by atoms with van der Waals surface area (Å²) < 4.78 is 0. The fourth-order valence-corrected chi connectivity index (χ4v) is 1.22. The molecule has 0 aromatic carbocycles. The maximum atomic E-state index is 11.2. The van der Waals surface area contributed by atoms with Crippen LogP contribution in [0.3, 0.4) is 0 Å². The third kappa shape index (κ3) is 3.36. The van der Waals surface area contributed by atoms with Gasteiger partial charge in [-0.3, -0.25) is 14.4 Å². The molecule has 1 heterocycles. The van der Waals surface area contributed by atoms with E-state index in [4.69, 9.17) is 4.84 Å².